The summed E-state index contributed by atoms with van der Waals surface area (Å²) in [5.74, 6) is -0.404. The molecule has 0 saturated carbocycles. The number of carbonyl (C=O) groups is 1. The van der Waals surface area contributed by atoms with Gasteiger partial charge in [0.15, 0.2) is 5.96 Å². The molecule has 9 heteroatoms. The molecule has 6 nitrogen and oxygen atoms in total. The molecule has 0 spiro atoms. The number of nitrogens with zero attached hydrogens (tertiary/aromatic N) is 2. The number of hydrogen-bond donors (Lipinski definition) is 2. The van der Waals surface area contributed by atoms with Crippen LogP contribution in [0.4, 0.5) is 13.6 Å². The highest BCUT2D eigenvalue weighted by Crippen LogP contribution is 2.36. The van der Waals surface area contributed by atoms with E-state index in [1.165, 1.54) is 6.07 Å². The lowest BCUT2D eigenvalue weighted by atomic mass is 9.98. The summed E-state index contributed by atoms with van der Waals surface area (Å²) >= 11 is 0. The van der Waals surface area contributed by atoms with Crippen molar-refractivity contribution in [1.29, 1.82) is 0 Å². The number of fused-ring (bicyclic) bond motifs is 2. The first-order valence-electron chi connectivity index (χ1n) is 10.1. The summed E-state index contributed by atoms with van der Waals surface area (Å²) in [5, 5.41) is 6.41. The lowest BCUT2D eigenvalue weighted by Crippen LogP contribution is -2.54. The third-order valence-electron chi connectivity index (χ3n) is 5.36. The van der Waals surface area contributed by atoms with E-state index < -0.39 is 17.2 Å². The van der Waals surface area contributed by atoms with E-state index >= 15 is 0 Å². The zero-order valence-electron chi connectivity index (χ0n) is 17.9. The number of hydrogen-bond acceptors (Lipinski definition) is 3. The average molecular weight is 536 g/mol. The summed E-state index contributed by atoms with van der Waals surface area (Å²) in [5.41, 5.74) is -0.267. The quantitative estimate of drug-likeness (QED) is 0.346. The number of amides is 1. The number of rotatable bonds is 3. The van der Waals surface area contributed by atoms with Gasteiger partial charge in [-0.2, -0.15) is 0 Å². The van der Waals surface area contributed by atoms with Gasteiger partial charge in [0.2, 0.25) is 0 Å². The van der Waals surface area contributed by atoms with Crippen molar-refractivity contribution in [3.05, 3.63) is 35.4 Å². The Labute approximate surface area is 193 Å². The predicted octanol–water partition coefficient (Wildman–Crippen LogP) is 4.18. The Balaban J connectivity index is 0.00000320. The van der Waals surface area contributed by atoms with Crippen LogP contribution >= 0.6 is 24.0 Å². The fourth-order valence-electron chi connectivity index (χ4n) is 4.15. The third-order valence-corrected chi connectivity index (χ3v) is 5.36. The second-order valence-corrected chi connectivity index (χ2v) is 8.75. The fraction of sp³-hybridized carbons (Fsp3) is 0.619. The Bertz CT molecular complexity index is 771. The monoisotopic (exact) mass is 536 g/mol. The first-order chi connectivity index (χ1) is 13.7. The van der Waals surface area contributed by atoms with E-state index in [0.29, 0.717) is 5.96 Å². The molecule has 2 aliphatic heterocycles. The van der Waals surface area contributed by atoms with E-state index in [0.717, 1.165) is 37.8 Å². The summed E-state index contributed by atoms with van der Waals surface area (Å²) in [6.45, 7) is 5.75. The van der Waals surface area contributed by atoms with E-state index in [1.54, 1.807) is 7.05 Å². The Morgan fingerprint density at radius 1 is 1.23 bits per heavy atom. The van der Waals surface area contributed by atoms with Gasteiger partial charge >= 0.3 is 6.09 Å². The highest BCUT2D eigenvalue weighted by atomic mass is 127. The molecule has 2 heterocycles. The number of aliphatic imine (C=N–C) groups is 1. The normalized spacial score (nSPS) is 23.6. The van der Waals surface area contributed by atoms with Gasteiger partial charge in [-0.3, -0.25) is 4.99 Å². The molecule has 1 amide bonds. The van der Waals surface area contributed by atoms with Gasteiger partial charge in [-0.05, 0) is 64.7 Å². The maximum absolute atomic E-state index is 13.8. The van der Waals surface area contributed by atoms with Gasteiger partial charge in [0, 0.05) is 37.3 Å². The van der Waals surface area contributed by atoms with Crippen molar-refractivity contribution in [3.8, 4) is 0 Å². The van der Waals surface area contributed by atoms with E-state index in [4.69, 9.17) is 4.74 Å². The number of piperidine rings is 1. The number of halogens is 3. The van der Waals surface area contributed by atoms with E-state index in [2.05, 4.69) is 15.6 Å². The second-order valence-electron chi connectivity index (χ2n) is 8.75. The van der Waals surface area contributed by atoms with E-state index in [9.17, 15) is 13.6 Å². The van der Waals surface area contributed by atoms with Crippen molar-refractivity contribution in [1.82, 2.24) is 15.5 Å². The van der Waals surface area contributed by atoms with Gasteiger partial charge in [-0.1, -0.05) is 0 Å². The van der Waals surface area contributed by atoms with Gasteiger partial charge in [0.25, 0.3) is 0 Å². The highest BCUT2D eigenvalue weighted by Gasteiger charge is 2.45. The van der Waals surface area contributed by atoms with Crippen LogP contribution in [0.15, 0.2) is 23.2 Å². The molecule has 1 aromatic carbocycles. The third kappa shape index (κ3) is 6.18. The van der Waals surface area contributed by atoms with Gasteiger partial charge in [0.05, 0.1) is 0 Å². The SMILES string of the molecule is CN=C(NCc1cc(F)ccc1F)NC1CC2CCC(C1)N2C(=O)OC(C)(C)C.I. The molecule has 2 aliphatic rings. The van der Waals surface area contributed by atoms with Crippen LogP contribution < -0.4 is 10.6 Å². The number of nitrogens with one attached hydrogen (secondary N) is 2. The van der Waals surface area contributed by atoms with Crippen LogP contribution in [0, 0.1) is 11.6 Å². The fourth-order valence-corrected chi connectivity index (χ4v) is 4.15. The van der Waals surface area contributed by atoms with Crippen molar-refractivity contribution in [2.24, 2.45) is 4.99 Å². The van der Waals surface area contributed by atoms with Crippen LogP contribution in [0.1, 0.15) is 52.0 Å². The highest BCUT2D eigenvalue weighted by molar-refractivity contribution is 14.0. The molecule has 0 radical (unpaired) electrons. The largest absolute Gasteiger partial charge is 0.444 e. The Hall–Kier alpha value is -1.65. The molecule has 3 rings (SSSR count). The molecule has 2 unspecified atom stereocenters. The average Bonchev–Trinajstić information content (AvgIpc) is 2.91. The number of guanidine groups is 1. The Kier molecular flexibility index (Phi) is 8.29. The Morgan fingerprint density at radius 2 is 1.87 bits per heavy atom. The standard InChI is InChI=1S/C21H30F2N4O2.HI/c1-21(2,3)29-20(28)27-16-6-7-17(27)11-15(10-16)26-19(24-4)25-12-13-9-14(22)5-8-18(13)23;/h5,8-9,15-17H,6-7,10-12H2,1-4H3,(H2,24,25,26);1H. The minimum atomic E-state index is -0.510. The van der Waals surface area contributed by atoms with Crippen LogP contribution in [0.3, 0.4) is 0 Å². The minimum absolute atomic E-state index is 0. The van der Waals surface area contributed by atoms with Crippen molar-refractivity contribution >= 4 is 36.0 Å². The van der Waals surface area contributed by atoms with Crippen molar-refractivity contribution < 1.29 is 18.3 Å². The van der Waals surface area contributed by atoms with Crippen molar-refractivity contribution in [2.45, 2.75) is 76.7 Å². The molecule has 2 saturated heterocycles. The van der Waals surface area contributed by atoms with Gasteiger partial charge < -0.3 is 20.3 Å². The van der Waals surface area contributed by atoms with Gasteiger partial charge in [-0.25, -0.2) is 13.6 Å². The zero-order chi connectivity index (χ0) is 21.2. The number of carbonyl (C=O) groups excluding carboxylic acids is 1. The zero-order valence-corrected chi connectivity index (χ0v) is 20.2. The molecule has 30 heavy (non-hydrogen) atoms. The predicted molar refractivity (Wildman–Crippen MR) is 123 cm³/mol. The molecule has 1 aromatic rings. The molecule has 0 aliphatic carbocycles. The van der Waals surface area contributed by atoms with Crippen LogP contribution in [0.2, 0.25) is 0 Å². The molecule has 2 N–H and O–H groups in total. The molecular weight excluding hydrogens is 505 g/mol. The van der Waals surface area contributed by atoms with Crippen LogP contribution in [0.5, 0.6) is 0 Å². The van der Waals surface area contributed by atoms with Crippen LogP contribution in [0.25, 0.3) is 0 Å². The molecule has 168 valence electrons. The summed E-state index contributed by atoms with van der Waals surface area (Å²) in [7, 11) is 1.64. The van der Waals surface area contributed by atoms with Crippen LogP contribution in [-0.4, -0.2) is 47.7 Å². The maximum atomic E-state index is 13.8. The van der Waals surface area contributed by atoms with Crippen LogP contribution in [-0.2, 0) is 11.3 Å². The minimum Gasteiger partial charge on any atom is -0.444 e. The lowest BCUT2D eigenvalue weighted by molar-refractivity contribution is 0.00545. The summed E-state index contributed by atoms with van der Waals surface area (Å²) < 4.78 is 32.7. The molecule has 2 atom stereocenters. The lowest BCUT2D eigenvalue weighted by Gasteiger charge is -2.40. The summed E-state index contributed by atoms with van der Waals surface area (Å²) in [4.78, 5) is 18.6. The van der Waals surface area contributed by atoms with Gasteiger partial charge in [0.1, 0.15) is 17.2 Å². The molecular formula is C21H31F2IN4O2. The molecule has 2 fully saturated rings. The van der Waals surface area contributed by atoms with Crippen molar-refractivity contribution in [2.75, 3.05) is 7.05 Å². The summed E-state index contributed by atoms with van der Waals surface area (Å²) in [6.07, 6.45) is 3.27. The maximum Gasteiger partial charge on any atom is 0.410 e. The van der Waals surface area contributed by atoms with E-state index in [-0.39, 0.29) is 60.3 Å². The first-order valence-corrected chi connectivity index (χ1v) is 10.1. The van der Waals surface area contributed by atoms with Gasteiger partial charge in [-0.15, -0.1) is 24.0 Å². The number of ether oxygens (including phenoxy) is 1. The smallest absolute Gasteiger partial charge is 0.410 e. The Morgan fingerprint density at radius 3 is 2.43 bits per heavy atom. The molecule has 2 bridgehead atoms. The van der Waals surface area contributed by atoms with Crippen molar-refractivity contribution in [3.63, 3.8) is 0 Å². The number of benzene rings is 1. The first kappa shape index (κ1) is 24.6. The molecule has 0 aromatic heterocycles. The summed E-state index contributed by atoms with van der Waals surface area (Å²) in [6, 6.07) is 3.82. The second kappa shape index (κ2) is 10.1. The van der Waals surface area contributed by atoms with E-state index in [1.807, 2.05) is 25.7 Å². The topological polar surface area (TPSA) is 66.0 Å².